The van der Waals surface area contributed by atoms with Crippen molar-refractivity contribution < 1.29 is 4.79 Å². The number of carbonyl (C=O) groups is 1. The van der Waals surface area contributed by atoms with Crippen LogP contribution >= 0.6 is 43.2 Å². The fraction of sp³-hybridized carbons (Fsp3) is 0.154. The molecule has 0 fully saturated rings. The van der Waals surface area contributed by atoms with E-state index in [9.17, 15) is 4.79 Å². The van der Waals surface area contributed by atoms with Gasteiger partial charge >= 0.3 is 0 Å². The fourth-order valence-electron chi connectivity index (χ4n) is 1.58. The Hall–Kier alpha value is -0.650. The van der Waals surface area contributed by atoms with Crippen molar-refractivity contribution in [2.24, 2.45) is 0 Å². The van der Waals surface area contributed by atoms with Crippen LogP contribution in [0.25, 0.3) is 0 Å². The van der Waals surface area contributed by atoms with Crippen LogP contribution in [0.2, 0.25) is 0 Å². The van der Waals surface area contributed by atoms with Crippen molar-refractivity contribution in [3.05, 3.63) is 54.6 Å². The van der Waals surface area contributed by atoms with E-state index < -0.39 is 0 Å². The van der Waals surface area contributed by atoms with Gasteiger partial charge in [0.25, 0.3) is 5.91 Å². The molecule has 0 bridgehead atoms. The lowest BCUT2D eigenvalue weighted by Gasteiger charge is -2.05. The van der Waals surface area contributed by atoms with Gasteiger partial charge in [-0.25, -0.2) is 0 Å². The number of hydrogen-bond donors (Lipinski definition) is 1. The maximum Gasteiger partial charge on any atom is 0.251 e. The second-order valence-corrected chi connectivity index (χ2v) is 7.37. The molecule has 0 aliphatic carbocycles. The van der Waals surface area contributed by atoms with Crippen LogP contribution in [0.15, 0.2) is 38.6 Å². The van der Waals surface area contributed by atoms with Crippen LogP contribution in [0.4, 0.5) is 0 Å². The molecule has 0 atom stereocenters. The van der Waals surface area contributed by atoms with Gasteiger partial charge in [-0.15, -0.1) is 11.3 Å². The molecular weight excluding hydrogens is 378 g/mol. The molecule has 0 spiro atoms. The largest absolute Gasteiger partial charge is 0.347 e. The van der Waals surface area contributed by atoms with Crippen molar-refractivity contribution in [2.75, 3.05) is 0 Å². The van der Waals surface area contributed by atoms with Gasteiger partial charge < -0.3 is 5.32 Å². The zero-order valence-corrected chi connectivity index (χ0v) is 13.7. The van der Waals surface area contributed by atoms with E-state index in [1.54, 1.807) is 11.3 Å². The van der Waals surface area contributed by atoms with E-state index in [1.165, 1.54) is 0 Å². The number of rotatable bonds is 3. The van der Waals surface area contributed by atoms with Crippen molar-refractivity contribution in [3.8, 4) is 0 Å². The summed E-state index contributed by atoms with van der Waals surface area (Å²) in [6.07, 6.45) is 0. The Morgan fingerprint density at radius 2 is 2.06 bits per heavy atom. The van der Waals surface area contributed by atoms with Crippen molar-refractivity contribution in [1.82, 2.24) is 5.32 Å². The summed E-state index contributed by atoms with van der Waals surface area (Å²) in [4.78, 5) is 13.1. The monoisotopic (exact) mass is 387 g/mol. The van der Waals surface area contributed by atoms with Gasteiger partial charge in [-0.05, 0) is 58.7 Å². The van der Waals surface area contributed by atoms with Crippen LogP contribution in [0.3, 0.4) is 0 Å². The molecule has 2 nitrogen and oxygen atoms in total. The van der Waals surface area contributed by atoms with Crippen molar-refractivity contribution in [2.45, 2.75) is 13.5 Å². The Morgan fingerprint density at radius 1 is 1.28 bits per heavy atom. The number of aryl methyl sites for hydroxylation is 1. The zero-order chi connectivity index (χ0) is 13.1. The maximum atomic E-state index is 12.0. The van der Waals surface area contributed by atoms with Crippen molar-refractivity contribution >= 4 is 49.1 Å². The summed E-state index contributed by atoms with van der Waals surface area (Å²) in [6.45, 7) is 2.53. The van der Waals surface area contributed by atoms with E-state index in [-0.39, 0.29) is 5.91 Å². The van der Waals surface area contributed by atoms with E-state index >= 15 is 0 Å². The molecule has 0 saturated heterocycles. The van der Waals surface area contributed by atoms with Crippen LogP contribution in [0.1, 0.15) is 20.8 Å². The van der Waals surface area contributed by atoms with Crippen LogP contribution in [-0.2, 0) is 6.54 Å². The molecule has 0 saturated carbocycles. The summed E-state index contributed by atoms with van der Waals surface area (Å²) < 4.78 is 2.00. The van der Waals surface area contributed by atoms with Crippen molar-refractivity contribution in [3.63, 3.8) is 0 Å². The Kier molecular flexibility index (Phi) is 4.59. The third kappa shape index (κ3) is 3.67. The summed E-state index contributed by atoms with van der Waals surface area (Å²) in [6, 6.07) is 9.67. The first kappa shape index (κ1) is 13.8. The topological polar surface area (TPSA) is 29.1 Å². The lowest BCUT2D eigenvalue weighted by Crippen LogP contribution is -2.22. The van der Waals surface area contributed by atoms with E-state index in [4.69, 9.17) is 0 Å². The van der Waals surface area contributed by atoms with Gasteiger partial charge in [-0.2, -0.15) is 0 Å². The van der Waals surface area contributed by atoms with Crippen molar-refractivity contribution in [1.29, 1.82) is 0 Å². The standard InChI is InChI=1S/C13H11Br2NOS/c1-8-4-9(6-10(14)5-8)13(17)16-7-11-2-3-12(15)18-11/h2-6H,7H2,1H3,(H,16,17). The molecule has 1 N–H and O–H groups in total. The molecule has 5 heteroatoms. The molecule has 2 aromatic rings. The average molecular weight is 389 g/mol. The molecular formula is C13H11Br2NOS. The van der Waals surface area contributed by atoms with Gasteiger partial charge in [0.1, 0.15) is 0 Å². The summed E-state index contributed by atoms with van der Waals surface area (Å²) in [7, 11) is 0. The molecule has 18 heavy (non-hydrogen) atoms. The molecule has 0 unspecified atom stereocenters. The van der Waals surface area contributed by atoms with Crippen LogP contribution in [-0.4, -0.2) is 5.91 Å². The molecule has 1 aromatic carbocycles. The smallest absolute Gasteiger partial charge is 0.251 e. The lowest BCUT2D eigenvalue weighted by atomic mass is 10.1. The average Bonchev–Trinajstić information content (AvgIpc) is 2.70. The summed E-state index contributed by atoms with van der Waals surface area (Å²) >= 11 is 8.42. The summed E-state index contributed by atoms with van der Waals surface area (Å²) in [5.41, 5.74) is 1.74. The molecule has 0 aliphatic heterocycles. The van der Waals surface area contributed by atoms with Gasteiger partial charge in [-0.1, -0.05) is 15.9 Å². The van der Waals surface area contributed by atoms with E-state index in [2.05, 4.69) is 37.2 Å². The lowest BCUT2D eigenvalue weighted by molar-refractivity contribution is 0.0951. The van der Waals surface area contributed by atoms with Gasteiger partial charge in [0.15, 0.2) is 0 Å². The van der Waals surface area contributed by atoms with Gasteiger partial charge in [-0.3, -0.25) is 4.79 Å². The third-order valence-electron chi connectivity index (χ3n) is 2.36. The highest BCUT2D eigenvalue weighted by Crippen LogP contribution is 2.22. The van der Waals surface area contributed by atoms with Gasteiger partial charge in [0.2, 0.25) is 0 Å². The number of nitrogens with one attached hydrogen (secondary N) is 1. The minimum absolute atomic E-state index is 0.0519. The highest BCUT2D eigenvalue weighted by molar-refractivity contribution is 9.11. The van der Waals surface area contributed by atoms with Crippen LogP contribution in [0, 0.1) is 6.92 Å². The molecule has 1 amide bonds. The molecule has 0 aliphatic rings. The highest BCUT2D eigenvalue weighted by atomic mass is 79.9. The first-order valence-corrected chi connectivity index (χ1v) is 7.74. The minimum atomic E-state index is -0.0519. The number of carbonyl (C=O) groups excluding carboxylic acids is 1. The molecule has 2 rings (SSSR count). The predicted molar refractivity (Wildman–Crippen MR) is 82.1 cm³/mol. The molecule has 1 heterocycles. The Morgan fingerprint density at radius 3 is 2.67 bits per heavy atom. The van der Waals surface area contributed by atoms with Gasteiger partial charge in [0.05, 0.1) is 10.3 Å². The zero-order valence-electron chi connectivity index (χ0n) is 9.67. The molecule has 94 valence electrons. The Bertz CT molecular complexity index is 560. The Labute approximate surface area is 127 Å². The van der Waals surface area contributed by atoms with E-state index in [0.717, 1.165) is 18.7 Å². The second-order valence-electron chi connectivity index (χ2n) is 3.91. The number of benzene rings is 1. The second kappa shape index (κ2) is 5.99. The Balaban J connectivity index is 2.03. The number of amides is 1. The quantitative estimate of drug-likeness (QED) is 0.823. The molecule has 1 aromatic heterocycles. The summed E-state index contributed by atoms with van der Waals surface area (Å²) in [5.74, 6) is -0.0519. The van der Waals surface area contributed by atoms with Crippen LogP contribution < -0.4 is 5.32 Å². The first-order valence-electron chi connectivity index (χ1n) is 5.34. The summed E-state index contributed by atoms with van der Waals surface area (Å²) in [5, 5.41) is 2.91. The predicted octanol–water partition coefficient (Wildman–Crippen LogP) is 4.51. The number of halogens is 2. The minimum Gasteiger partial charge on any atom is -0.347 e. The molecule has 0 radical (unpaired) electrons. The SMILES string of the molecule is Cc1cc(Br)cc(C(=O)NCc2ccc(Br)s2)c1. The third-order valence-corrected chi connectivity index (χ3v) is 4.44. The van der Waals surface area contributed by atoms with E-state index in [1.807, 2.05) is 37.3 Å². The highest BCUT2D eigenvalue weighted by Gasteiger charge is 2.07. The van der Waals surface area contributed by atoms with E-state index in [0.29, 0.717) is 12.1 Å². The number of thiophene rings is 1. The maximum absolute atomic E-state index is 12.0. The normalized spacial score (nSPS) is 10.4. The fourth-order valence-corrected chi connectivity index (χ4v) is 3.61. The first-order chi connectivity index (χ1) is 8.54. The number of hydrogen-bond acceptors (Lipinski definition) is 2. The van der Waals surface area contributed by atoms with Gasteiger partial charge in [0, 0.05) is 14.9 Å². The van der Waals surface area contributed by atoms with Crippen LogP contribution in [0.5, 0.6) is 0 Å².